The van der Waals surface area contributed by atoms with Crippen molar-refractivity contribution in [3.05, 3.63) is 17.8 Å². The van der Waals surface area contributed by atoms with Crippen molar-refractivity contribution in [2.75, 3.05) is 44.4 Å². The van der Waals surface area contributed by atoms with Crippen LogP contribution in [-0.2, 0) is 4.74 Å². The normalized spacial score (nSPS) is 19.9. The Morgan fingerprint density at radius 2 is 2.30 bits per heavy atom. The number of methoxy groups -OCH3 is 1. The predicted molar refractivity (Wildman–Crippen MR) is 78.9 cm³/mol. The lowest BCUT2D eigenvalue weighted by Gasteiger charge is -2.40. The number of piperazine rings is 1. The second-order valence-corrected chi connectivity index (χ2v) is 5.08. The topological polar surface area (TPSA) is 71.7 Å². The third kappa shape index (κ3) is 2.70. The van der Waals surface area contributed by atoms with Gasteiger partial charge in [0.1, 0.15) is 0 Å². The number of nitrogens with two attached hydrogens (primary N) is 1. The van der Waals surface area contributed by atoms with E-state index >= 15 is 0 Å². The van der Waals surface area contributed by atoms with E-state index in [-0.39, 0.29) is 0 Å². The van der Waals surface area contributed by atoms with Gasteiger partial charge in [-0.3, -0.25) is 4.90 Å². The van der Waals surface area contributed by atoms with Crippen molar-refractivity contribution in [1.82, 2.24) is 9.88 Å². The van der Waals surface area contributed by atoms with E-state index in [0.29, 0.717) is 23.1 Å². The van der Waals surface area contributed by atoms with Gasteiger partial charge in [-0.2, -0.15) is 0 Å². The maximum atomic E-state index is 11.7. The van der Waals surface area contributed by atoms with Gasteiger partial charge in [-0.15, -0.1) is 0 Å². The zero-order valence-corrected chi connectivity index (χ0v) is 12.3. The first-order valence-corrected chi connectivity index (χ1v) is 6.86. The minimum absolute atomic E-state index is 0.379. The molecule has 1 aliphatic rings. The van der Waals surface area contributed by atoms with Crippen LogP contribution in [-0.4, -0.2) is 55.7 Å². The fourth-order valence-corrected chi connectivity index (χ4v) is 2.58. The van der Waals surface area contributed by atoms with Gasteiger partial charge in [-0.1, -0.05) is 6.92 Å². The molecule has 1 saturated heterocycles. The number of pyridine rings is 1. The van der Waals surface area contributed by atoms with E-state index in [1.54, 1.807) is 12.3 Å². The molecule has 0 aliphatic carbocycles. The number of carbonyl (C=O) groups excluding carboxylic acids is 1. The largest absolute Gasteiger partial charge is 0.465 e. The maximum absolute atomic E-state index is 11.7. The lowest BCUT2D eigenvalue weighted by Crippen LogP contribution is -2.51. The highest BCUT2D eigenvalue weighted by Crippen LogP contribution is 2.26. The van der Waals surface area contributed by atoms with Crippen molar-refractivity contribution in [1.29, 1.82) is 0 Å². The number of hydrogen-bond donors (Lipinski definition) is 1. The number of rotatable bonds is 3. The first-order valence-electron chi connectivity index (χ1n) is 6.86. The van der Waals surface area contributed by atoms with Gasteiger partial charge in [0.2, 0.25) is 0 Å². The maximum Gasteiger partial charge on any atom is 0.340 e. The zero-order chi connectivity index (χ0) is 14.7. The minimum Gasteiger partial charge on any atom is -0.465 e. The van der Waals surface area contributed by atoms with Crippen LogP contribution in [0.4, 0.5) is 11.5 Å². The van der Waals surface area contributed by atoms with Crippen LogP contribution in [0.1, 0.15) is 23.7 Å². The van der Waals surface area contributed by atoms with E-state index in [2.05, 4.69) is 28.8 Å². The van der Waals surface area contributed by atoms with Gasteiger partial charge >= 0.3 is 5.97 Å². The smallest absolute Gasteiger partial charge is 0.340 e. The van der Waals surface area contributed by atoms with Crippen molar-refractivity contribution < 1.29 is 9.53 Å². The molecule has 20 heavy (non-hydrogen) atoms. The Balaban J connectivity index is 2.27. The number of anilines is 2. The zero-order valence-electron chi connectivity index (χ0n) is 12.3. The van der Waals surface area contributed by atoms with Crippen LogP contribution in [0.5, 0.6) is 0 Å². The van der Waals surface area contributed by atoms with Gasteiger partial charge in [-0.25, -0.2) is 9.78 Å². The quantitative estimate of drug-likeness (QED) is 0.831. The van der Waals surface area contributed by atoms with E-state index < -0.39 is 5.97 Å². The molecule has 0 radical (unpaired) electrons. The van der Waals surface area contributed by atoms with E-state index in [4.69, 9.17) is 10.5 Å². The molecule has 0 saturated carbocycles. The molecule has 1 aromatic rings. The van der Waals surface area contributed by atoms with Gasteiger partial charge in [0.05, 0.1) is 18.4 Å². The molecule has 2 N–H and O–H groups in total. The van der Waals surface area contributed by atoms with Gasteiger partial charge in [0.25, 0.3) is 0 Å². The summed E-state index contributed by atoms with van der Waals surface area (Å²) in [6.07, 6.45) is 2.68. The standard InChI is InChI=1S/C14H22N4O2/c1-4-10-9-18(8-7-17(10)2)13-12(15)11(5-6-16-13)14(19)20-3/h5-6,10H,4,7-9,15H2,1-3H3. The average Bonchev–Trinajstić information content (AvgIpc) is 2.47. The summed E-state index contributed by atoms with van der Waals surface area (Å²) in [7, 11) is 3.48. The summed E-state index contributed by atoms with van der Waals surface area (Å²) in [5.74, 6) is 0.256. The first kappa shape index (κ1) is 14.6. The van der Waals surface area contributed by atoms with Crippen LogP contribution in [0.3, 0.4) is 0 Å². The van der Waals surface area contributed by atoms with Crippen molar-refractivity contribution in [2.24, 2.45) is 0 Å². The summed E-state index contributed by atoms with van der Waals surface area (Å²) in [6.45, 7) is 4.86. The van der Waals surface area contributed by atoms with E-state index in [1.165, 1.54) is 7.11 Å². The molecule has 2 rings (SSSR count). The van der Waals surface area contributed by atoms with E-state index in [0.717, 1.165) is 26.1 Å². The monoisotopic (exact) mass is 278 g/mol. The first-order chi connectivity index (χ1) is 9.58. The van der Waals surface area contributed by atoms with Crippen molar-refractivity contribution in [3.63, 3.8) is 0 Å². The van der Waals surface area contributed by atoms with E-state index in [1.807, 2.05) is 0 Å². The molecule has 6 heteroatoms. The molecule has 1 unspecified atom stereocenters. The Hall–Kier alpha value is -1.82. The Kier molecular flexibility index (Phi) is 4.44. The average molecular weight is 278 g/mol. The Labute approximate surface area is 119 Å². The van der Waals surface area contributed by atoms with Crippen LogP contribution in [0.25, 0.3) is 0 Å². The van der Waals surface area contributed by atoms with Crippen LogP contribution in [0.15, 0.2) is 12.3 Å². The third-order valence-electron chi connectivity index (χ3n) is 3.92. The fourth-order valence-electron chi connectivity index (χ4n) is 2.58. The number of carbonyl (C=O) groups is 1. The van der Waals surface area contributed by atoms with Crippen molar-refractivity contribution >= 4 is 17.5 Å². The summed E-state index contributed by atoms with van der Waals surface area (Å²) in [5.41, 5.74) is 6.87. The Bertz CT molecular complexity index is 492. The number of ether oxygens (including phenoxy) is 1. The van der Waals surface area contributed by atoms with Crippen LogP contribution in [0, 0.1) is 0 Å². The van der Waals surface area contributed by atoms with Crippen molar-refractivity contribution in [2.45, 2.75) is 19.4 Å². The van der Waals surface area contributed by atoms with Gasteiger partial charge in [-0.05, 0) is 19.5 Å². The fraction of sp³-hybridized carbons (Fsp3) is 0.571. The van der Waals surface area contributed by atoms with Gasteiger partial charge < -0.3 is 15.4 Å². The van der Waals surface area contributed by atoms with E-state index in [9.17, 15) is 4.79 Å². The summed E-state index contributed by atoms with van der Waals surface area (Å²) >= 11 is 0. The lowest BCUT2D eigenvalue weighted by atomic mass is 10.1. The number of nitrogen functional groups attached to an aromatic ring is 1. The summed E-state index contributed by atoms with van der Waals surface area (Å²) in [4.78, 5) is 20.5. The molecule has 0 bridgehead atoms. The molecule has 0 aromatic carbocycles. The highest BCUT2D eigenvalue weighted by Gasteiger charge is 2.26. The highest BCUT2D eigenvalue weighted by atomic mass is 16.5. The Morgan fingerprint density at radius 3 is 2.95 bits per heavy atom. The third-order valence-corrected chi connectivity index (χ3v) is 3.92. The minimum atomic E-state index is -0.424. The molecule has 1 atom stereocenters. The molecule has 1 fully saturated rings. The summed E-state index contributed by atoms with van der Waals surface area (Å²) < 4.78 is 4.75. The molecule has 1 aliphatic heterocycles. The summed E-state index contributed by atoms with van der Waals surface area (Å²) in [6, 6.07) is 2.07. The van der Waals surface area contributed by atoms with Gasteiger partial charge in [0.15, 0.2) is 5.82 Å². The van der Waals surface area contributed by atoms with Gasteiger partial charge in [0, 0.05) is 31.9 Å². The second-order valence-electron chi connectivity index (χ2n) is 5.08. The molecule has 1 aromatic heterocycles. The second kappa shape index (κ2) is 6.09. The lowest BCUT2D eigenvalue weighted by molar-refractivity contribution is 0.0602. The highest BCUT2D eigenvalue weighted by molar-refractivity contribution is 5.97. The molecule has 6 nitrogen and oxygen atoms in total. The number of hydrogen-bond acceptors (Lipinski definition) is 6. The molecule has 0 amide bonds. The van der Waals surface area contributed by atoms with Crippen LogP contribution in [0.2, 0.25) is 0 Å². The SMILES string of the molecule is CCC1CN(c2nccc(C(=O)OC)c2N)CCN1C. The predicted octanol–water partition coefficient (Wildman–Crippen LogP) is 0.981. The van der Waals surface area contributed by atoms with Crippen LogP contribution < -0.4 is 10.6 Å². The summed E-state index contributed by atoms with van der Waals surface area (Å²) in [5, 5.41) is 0. The molecule has 2 heterocycles. The Morgan fingerprint density at radius 1 is 1.55 bits per heavy atom. The molecular formula is C14H22N4O2. The number of likely N-dealkylation sites (N-methyl/N-ethyl adjacent to an activating group) is 1. The number of aromatic nitrogens is 1. The molecule has 110 valence electrons. The molecular weight excluding hydrogens is 256 g/mol. The van der Waals surface area contributed by atoms with Crippen molar-refractivity contribution in [3.8, 4) is 0 Å². The number of nitrogens with zero attached hydrogens (tertiary/aromatic N) is 3. The van der Waals surface area contributed by atoms with Crippen LogP contribution >= 0.6 is 0 Å². The molecule has 0 spiro atoms. The number of esters is 1.